The first-order valence-corrected chi connectivity index (χ1v) is 9.84. The summed E-state index contributed by atoms with van der Waals surface area (Å²) in [7, 11) is 1.85. The van der Waals surface area contributed by atoms with Crippen molar-refractivity contribution in [3.63, 3.8) is 0 Å². The molecular formula is C20H23N9O. The number of nitrogens with zero attached hydrogens (tertiary/aromatic N) is 7. The summed E-state index contributed by atoms with van der Waals surface area (Å²) in [4.78, 5) is 25.7. The summed E-state index contributed by atoms with van der Waals surface area (Å²) < 4.78 is 3.60. The van der Waals surface area contributed by atoms with Crippen molar-refractivity contribution in [2.45, 2.75) is 13.0 Å². The molecule has 1 atom stereocenters. The minimum atomic E-state index is -0.127. The molecule has 1 aliphatic heterocycles. The molecule has 1 aliphatic rings. The number of imidazole rings is 1. The number of urea groups is 1. The second-order valence-electron chi connectivity index (χ2n) is 7.57. The molecule has 30 heavy (non-hydrogen) atoms. The van der Waals surface area contributed by atoms with E-state index in [-0.39, 0.29) is 12.1 Å². The van der Waals surface area contributed by atoms with Crippen molar-refractivity contribution in [1.29, 1.82) is 0 Å². The number of amides is 2. The Morgan fingerprint density at radius 2 is 2.13 bits per heavy atom. The quantitative estimate of drug-likeness (QED) is 0.527. The van der Waals surface area contributed by atoms with Gasteiger partial charge in [0, 0.05) is 57.4 Å². The van der Waals surface area contributed by atoms with E-state index < -0.39 is 0 Å². The number of hydrogen-bond acceptors (Lipinski definition) is 6. The lowest BCUT2D eigenvalue weighted by atomic mass is 10.1. The summed E-state index contributed by atoms with van der Waals surface area (Å²) in [6.07, 6.45) is 7.28. The van der Waals surface area contributed by atoms with Crippen LogP contribution in [0.15, 0.2) is 43.0 Å². The zero-order valence-corrected chi connectivity index (χ0v) is 16.9. The molecule has 0 saturated carbocycles. The summed E-state index contributed by atoms with van der Waals surface area (Å²) in [5.74, 6) is 0.460. The van der Waals surface area contributed by atoms with Crippen molar-refractivity contribution < 1.29 is 4.79 Å². The van der Waals surface area contributed by atoms with Crippen molar-refractivity contribution in [2.75, 3.05) is 35.6 Å². The van der Waals surface area contributed by atoms with E-state index in [9.17, 15) is 4.79 Å². The summed E-state index contributed by atoms with van der Waals surface area (Å²) in [5, 5.41) is 8.28. The maximum Gasteiger partial charge on any atom is 0.322 e. The number of nitrogen functional groups attached to an aromatic ring is 1. The van der Waals surface area contributed by atoms with E-state index in [1.807, 2.05) is 53.1 Å². The van der Waals surface area contributed by atoms with Gasteiger partial charge in [0.2, 0.25) is 0 Å². The molecule has 0 aromatic carbocycles. The van der Waals surface area contributed by atoms with Crippen molar-refractivity contribution in [1.82, 2.24) is 29.0 Å². The fourth-order valence-electron chi connectivity index (χ4n) is 4.09. The molecule has 2 amide bonds. The summed E-state index contributed by atoms with van der Waals surface area (Å²) in [6.45, 7) is 3.98. The molecule has 5 rings (SSSR count). The van der Waals surface area contributed by atoms with Crippen LogP contribution in [0.5, 0.6) is 0 Å². The minimum Gasteiger partial charge on any atom is -0.384 e. The Balaban J connectivity index is 1.35. The lowest BCUT2D eigenvalue weighted by molar-refractivity contribution is 0.200. The number of aryl methyl sites for hydroxylation is 1. The molecule has 5 heterocycles. The normalized spacial score (nSPS) is 17.1. The van der Waals surface area contributed by atoms with Crippen LogP contribution in [0, 0.1) is 0 Å². The Morgan fingerprint density at radius 3 is 2.97 bits per heavy atom. The SMILES string of the molecule is C[C@H]1CN(C(=O)Nc2cccn3ccnc23)CCN1c1cc(N)nc2c1cnn2C. The summed E-state index contributed by atoms with van der Waals surface area (Å²) in [6, 6.07) is 5.61. The highest BCUT2D eigenvalue weighted by Crippen LogP contribution is 2.30. The van der Waals surface area contributed by atoms with Gasteiger partial charge in [-0.15, -0.1) is 0 Å². The first kappa shape index (κ1) is 18.2. The van der Waals surface area contributed by atoms with Gasteiger partial charge in [-0.1, -0.05) is 0 Å². The van der Waals surface area contributed by atoms with E-state index in [2.05, 4.69) is 32.2 Å². The second kappa shape index (κ2) is 6.90. The molecule has 0 radical (unpaired) electrons. The molecule has 1 saturated heterocycles. The topological polar surface area (TPSA) is 110 Å². The van der Waals surface area contributed by atoms with Gasteiger partial charge in [-0.05, 0) is 19.1 Å². The largest absolute Gasteiger partial charge is 0.384 e. The second-order valence-corrected chi connectivity index (χ2v) is 7.57. The van der Waals surface area contributed by atoms with Crippen LogP contribution in [0.2, 0.25) is 0 Å². The number of nitrogens with two attached hydrogens (primary N) is 1. The van der Waals surface area contributed by atoms with Gasteiger partial charge in [0.15, 0.2) is 11.3 Å². The third-order valence-electron chi connectivity index (χ3n) is 5.59. The predicted molar refractivity (Wildman–Crippen MR) is 116 cm³/mol. The number of carbonyl (C=O) groups is 1. The molecule has 10 heteroatoms. The molecule has 1 fully saturated rings. The van der Waals surface area contributed by atoms with Gasteiger partial charge in [-0.3, -0.25) is 4.68 Å². The maximum absolute atomic E-state index is 12.9. The number of hydrogen-bond donors (Lipinski definition) is 2. The first-order chi connectivity index (χ1) is 14.5. The lowest BCUT2D eigenvalue weighted by Gasteiger charge is -2.41. The highest BCUT2D eigenvalue weighted by molar-refractivity contribution is 5.94. The number of anilines is 3. The molecule has 4 aromatic heterocycles. The van der Waals surface area contributed by atoms with Crippen molar-refractivity contribution >= 4 is 39.9 Å². The number of piperazine rings is 1. The molecule has 0 aliphatic carbocycles. The molecule has 0 bridgehead atoms. The highest BCUT2D eigenvalue weighted by Gasteiger charge is 2.29. The third kappa shape index (κ3) is 2.97. The van der Waals surface area contributed by atoms with Crippen LogP contribution in [0.3, 0.4) is 0 Å². The van der Waals surface area contributed by atoms with Crippen LogP contribution in [0.4, 0.5) is 22.0 Å². The van der Waals surface area contributed by atoms with Gasteiger partial charge in [-0.2, -0.15) is 5.10 Å². The van der Waals surface area contributed by atoms with Gasteiger partial charge in [-0.25, -0.2) is 14.8 Å². The van der Waals surface area contributed by atoms with Crippen molar-refractivity contribution in [3.05, 3.63) is 43.0 Å². The molecule has 0 spiro atoms. The first-order valence-electron chi connectivity index (χ1n) is 9.84. The molecular weight excluding hydrogens is 382 g/mol. The number of nitrogens with one attached hydrogen (secondary N) is 1. The van der Waals surface area contributed by atoms with Gasteiger partial charge in [0.1, 0.15) is 5.82 Å². The van der Waals surface area contributed by atoms with E-state index in [1.54, 1.807) is 10.9 Å². The monoisotopic (exact) mass is 405 g/mol. The fourth-order valence-corrected chi connectivity index (χ4v) is 4.09. The van der Waals surface area contributed by atoms with Crippen LogP contribution in [-0.2, 0) is 7.05 Å². The number of pyridine rings is 2. The molecule has 0 unspecified atom stereocenters. The van der Waals surface area contributed by atoms with Crippen LogP contribution in [-0.4, -0.2) is 60.8 Å². The van der Waals surface area contributed by atoms with E-state index in [0.717, 1.165) is 22.4 Å². The Hall–Kier alpha value is -3.82. The highest BCUT2D eigenvalue weighted by atomic mass is 16.2. The average Bonchev–Trinajstić information content (AvgIpc) is 3.35. The third-order valence-corrected chi connectivity index (χ3v) is 5.59. The Kier molecular flexibility index (Phi) is 4.19. The number of rotatable bonds is 2. The average molecular weight is 405 g/mol. The number of aromatic nitrogens is 5. The predicted octanol–water partition coefficient (Wildman–Crippen LogP) is 1.94. The minimum absolute atomic E-state index is 0.108. The zero-order valence-electron chi connectivity index (χ0n) is 16.9. The van der Waals surface area contributed by atoms with E-state index in [4.69, 9.17) is 5.73 Å². The Labute approximate surface area is 172 Å². The lowest BCUT2D eigenvalue weighted by Crippen LogP contribution is -2.54. The van der Waals surface area contributed by atoms with Crippen molar-refractivity contribution in [2.24, 2.45) is 7.05 Å². The van der Waals surface area contributed by atoms with E-state index in [0.29, 0.717) is 31.1 Å². The fraction of sp³-hybridized carbons (Fsp3) is 0.300. The van der Waals surface area contributed by atoms with E-state index >= 15 is 0 Å². The Bertz CT molecular complexity index is 1240. The Morgan fingerprint density at radius 1 is 1.27 bits per heavy atom. The smallest absolute Gasteiger partial charge is 0.322 e. The standard InChI is InChI=1S/C20H23N9O/c1-13-12-28(20(30)24-15-4-3-6-27-7-5-22-19(15)27)8-9-29(13)16-10-17(21)25-18-14(16)11-23-26(18)2/h3-7,10-11,13H,8-9,12H2,1-2H3,(H2,21,25)(H,24,30)/t13-/m0/s1. The van der Waals surface area contributed by atoms with Gasteiger partial charge < -0.3 is 25.3 Å². The van der Waals surface area contributed by atoms with Crippen LogP contribution < -0.4 is 16.0 Å². The number of carbonyl (C=O) groups excluding carboxylic acids is 1. The van der Waals surface area contributed by atoms with Gasteiger partial charge in [0.25, 0.3) is 0 Å². The molecule has 154 valence electrons. The summed E-state index contributed by atoms with van der Waals surface area (Å²) >= 11 is 0. The van der Waals surface area contributed by atoms with Crippen LogP contribution in [0.1, 0.15) is 6.92 Å². The van der Waals surface area contributed by atoms with Crippen LogP contribution in [0.25, 0.3) is 16.7 Å². The zero-order chi connectivity index (χ0) is 20.8. The maximum atomic E-state index is 12.9. The van der Waals surface area contributed by atoms with E-state index in [1.165, 1.54) is 0 Å². The molecule has 3 N–H and O–H groups in total. The summed E-state index contributed by atoms with van der Waals surface area (Å²) in [5.41, 5.74) is 9.22. The van der Waals surface area contributed by atoms with Crippen LogP contribution >= 0.6 is 0 Å². The van der Waals surface area contributed by atoms with Gasteiger partial charge >= 0.3 is 6.03 Å². The number of fused-ring (bicyclic) bond motifs is 2. The van der Waals surface area contributed by atoms with Gasteiger partial charge in [0.05, 0.1) is 23.0 Å². The molecule has 10 nitrogen and oxygen atoms in total. The van der Waals surface area contributed by atoms with Crippen molar-refractivity contribution in [3.8, 4) is 0 Å². The molecule has 4 aromatic rings.